The molecule has 0 radical (unpaired) electrons. The molecule has 1 aromatic carbocycles. The molecule has 2 rings (SSSR count). The number of nitrogens with one attached hydrogen (secondary N) is 2. The van der Waals surface area contributed by atoms with Crippen LogP contribution in [-0.4, -0.2) is 68.2 Å². The van der Waals surface area contributed by atoms with Gasteiger partial charge in [-0.2, -0.15) is 4.31 Å². The van der Waals surface area contributed by atoms with Crippen LogP contribution in [0.5, 0.6) is 0 Å². The molecule has 168 valence electrons. The highest BCUT2D eigenvalue weighted by Crippen LogP contribution is 2.23. The van der Waals surface area contributed by atoms with E-state index in [0.717, 1.165) is 23.8 Å². The Balaban J connectivity index is 1.93. The van der Waals surface area contributed by atoms with Gasteiger partial charge in [-0.3, -0.25) is 14.5 Å². The molecule has 30 heavy (non-hydrogen) atoms. The third-order valence-electron chi connectivity index (χ3n) is 5.48. The van der Waals surface area contributed by atoms with Crippen LogP contribution in [0.3, 0.4) is 0 Å². The van der Waals surface area contributed by atoms with E-state index in [1.807, 2.05) is 0 Å². The maximum absolute atomic E-state index is 12.7. The summed E-state index contributed by atoms with van der Waals surface area (Å²) in [4.78, 5) is 26.0. The summed E-state index contributed by atoms with van der Waals surface area (Å²) < 4.78 is 26.5. The van der Waals surface area contributed by atoms with Crippen LogP contribution in [0.15, 0.2) is 29.2 Å². The first-order valence-electron chi connectivity index (χ1n) is 10.3. The molecule has 8 nitrogen and oxygen atoms in total. The van der Waals surface area contributed by atoms with Gasteiger partial charge < -0.3 is 10.6 Å². The quantitative estimate of drug-likeness (QED) is 0.646. The fourth-order valence-corrected chi connectivity index (χ4v) is 4.73. The molecule has 1 unspecified atom stereocenters. The zero-order valence-electron chi connectivity index (χ0n) is 18.6. The molecular formula is C21H34N4O4S. The molecule has 0 bridgehead atoms. The average Bonchev–Trinajstić information content (AvgIpc) is 2.66. The molecule has 1 fully saturated rings. The molecule has 0 aromatic heterocycles. The average molecular weight is 439 g/mol. The molecule has 9 heteroatoms. The van der Waals surface area contributed by atoms with Gasteiger partial charge in [0.25, 0.3) is 0 Å². The van der Waals surface area contributed by atoms with Crippen LogP contribution in [0.4, 0.5) is 5.69 Å². The predicted octanol–water partition coefficient (Wildman–Crippen LogP) is 1.89. The Labute approximate surface area is 180 Å². The van der Waals surface area contributed by atoms with E-state index in [1.54, 1.807) is 0 Å². The van der Waals surface area contributed by atoms with Gasteiger partial charge in [0.1, 0.15) is 0 Å². The highest BCUT2D eigenvalue weighted by atomic mass is 32.2. The summed E-state index contributed by atoms with van der Waals surface area (Å²) in [6, 6.07) is 5.86. The molecule has 1 aliphatic rings. The second kappa shape index (κ2) is 9.89. The summed E-state index contributed by atoms with van der Waals surface area (Å²) in [7, 11) is -2.43. The molecule has 0 aliphatic carbocycles. The minimum atomic E-state index is -3.81. The van der Waals surface area contributed by atoms with E-state index in [0.29, 0.717) is 18.2 Å². The number of anilines is 1. The van der Waals surface area contributed by atoms with Gasteiger partial charge in [-0.05, 0) is 63.4 Å². The fraction of sp³-hybridized carbons (Fsp3) is 0.619. The monoisotopic (exact) mass is 438 g/mol. The number of piperidine rings is 1. The Morgan fingerprint density at radius 2 is 1.87 bits per heavy atom. The van der Waals surface area contributed by atoms with Crippen LogP contribution in [0.1, 0.15) is 40.5 Å². The summed E-state index contributed by atoms with van der Waals surface area (Å²) in [6.45, 7) is 10.0. The number of hydrogen-bond acceptors (Lipinski definition) is 5. The number of carbonyl (C=O) groups excluding carboxylic acids is 2. The number of benzene rings is 1. The van der Waals surface area contributed by atoms with Crippen molar-refractivity contribution in [1.29, 1.82) is 0 Å². The van der Waals surface area contributed by atoms with E-state index in [4.69, 9.17) is 0 Å². The number of amides is 2. The van der Waals surface area contributed by atoms with Crippen molar-refractivity contribution in [2.45, 2.75) is 51.0 Å². The normalized spacial score (nSPS) is 18.3. The largest absolute Gasteiger partial charge is 0.353 e. The van der Waals surface area contributed by atoms with Crippen molar-refractivity contribution in [2.75, 3.05) is 38.5 Å². The van der Waals surface area contributed by atoms with E-state index in [2.05, 4.69) is 36.3 Å². The number of likely N-dealkylation sites (N-methyl/N-ethyl adjacent to an activating group) is 1. The molecule has 2 amide bonds. The van der Waals surface area contributed by atoms with E-state index < -0.39 is 10.0 Å². The van der Waals surface area contributed by atoms with Crippen LogP contribution in [0.25, 0.3) is 0 Å². The van der Waals surface area contributed by atoms with Crippen LogP contribution < -0.4 is 10.6 Å². The minimum absolute atomic E-state index is 0.0644. The second-order valence-corrected chi connectivity index (χ2v) is 10.8. The molecule has 2 N–H and O–H groups in total. The first-order valence-corrected chi connectivity index (χ1v) is 11.7. The number of nitrogens with zero attached hydrogens (tertiary/aromatic N) is 2. The number of carbonyl (C=O) groups is 2. The van der Waals surface area contributed by atoms with Crippen LogP contribution in [0.2, 0.25) is 0 Å². The third-order valence-corrected chi connectivity index (χ3v) is 7.30. The van der Waals surface area contributed by atoms with Crippen molar-refractivity contribution < 1.29 is 18.0 Å². The highest BCUT2D eigenvalue weighted by molar-refractivity contribution is 7.89. The minimum Gasteiger partial charge on any atom is -0.353 e. The van der Waals surface area contributed by atoms with Crippen molar-refractivity contribution in [1.82, 2.24) is 14.5 Å². The van der Waals surface area contributed by atoms with Crippen molar-refractivity contribution >= 4 is 27.5 Å². The van der Waals surface area contributed by atoms with Crippen molar-refractivity contribution in [3.8, 4) is 0 Å². The Bertz CT molecular complexity index is 852. The maximum atomic E-state index is 12.7. The SMILES string of the molecule is CC(=O)Nc1ccc(S(=O)(=O)N(C)CC(=O)NCC(C)(C)N2CCCC(C)C2)cc1. The topological polar surface area (TPSA) is 98.8 Å². The van der Waals surface area contributed by atoms with Gasteiger partial charge in [0.05, 0.1) is 11.4 Å². The standard InChI is InChI=1S/C21H34N4O4S/c1-16-7-6-12-25(13-16)21(3,4)15-22-20(27)14-24(5)30(28,29)19-10-8-18(9-11-19)23-17(2)26/h8-11,16H,6-7,12-15H2,1-5H3,(H,22,27)(H,23,26). The smallest absolute Gasteiger partial charge is 0.243 e. The van der Waals surface area contributed by atoms with Gasteiger partial charge in [0.15, 0.2) is 0 Å². The predicted molar refractivity (Wildman–Crippen MR) is 118 cm³/mol. The zero-order chi connectivity index (χ0) is 22.5. The van der Waals surface area contributed by atoms with Crippen LogP contribution >= 0.6 is 0 Å². The van der Waals surface area contributed by atoms with Gasteiger partial charge in [-0.15, -0.1) is 0 Å². The van der Waals surface area contributed by atoms with Gasteiger partial charge >= 0.3 is 0 Å². The second-order valence-electron chi connectivity index (χ2n) is 8.75. The highest BCUT2D eigenvalue weighted by Gasteiger charge is 2.31. The molecule has 1 heterocycles. The maximum Gasteiger partial charge on any atom is 0.243 e. The van der Waals surface area contributed by atoms with Crippen LogP contribution in [0, 0.1) is 5.92 Å². The van der Waals surface area contributed by atoms with Gasteiger partial charge in [0, 0.05) is 38.3 Å². The van der Waals surface area contributed by atoms with Crippen molar-refractivity contribution in [3.63, 3.8) is 0 Å². The van der Waals surface area contributed by atoms with Gasteiger partial charge in [-0.25, -0.2) is 8.42 Å². The molecule has 1 aliphatic heterocycles. The van der Waals surface area contributed by atoms with Crippen molar-refractivity contribution in [3.05, 3.63) is 24.3 Å². The third kappa shape index (κ3) is 6.52. The summed E-state index contributed by atoms with van der Waals surface area (Å²) >= 11 is 0. The van der Waals surface area contributed by atoms with Crippen LogP contribution in [-0.2, 0) is 19.6 Å². The summed E-state index contributed by atoms with van der Waals surface area (Å²) in [6.07, 6.45) is 2.38. The lowest BCUT2D eigenvalue weighted by atomic mass is 9.93. The number of likely N-dealkylation sites (tertiary alicyclic amines) is 1. The lowest BCUT2D eigenvalue weighted by molar-refractivity contribution is -0.121. The summed E-state index contributed by atoms with van der Waals surface area (Å²) in [5, 5.41) is 5.48. The van der Waals surface area contributed by atoms with E-state index in [9.17, 15) is 18.0 Å². The molecule has 1 saturated heterocycles. The Hall–Kier alpha value is -1.97. The zero-order valence-corrected chi connectivity index (χ0v) is 19.4. The lowest BCUT2D eigenvalue weighted by Crippen LogP contribution is -2.55. The van der Waals surface area contributed by atoms with E-state index >= 15 is 0 Å². The molecule has 0 saturated carbocycles. The van der Waals surface area contributed by atoms with E-state index in [-0.39, 0.29) is 28.8 Å². The Morgan fingerprint density at radius 1 is 1.23 bits per heavy atom. The number of sulfonamides is 1. The number of rotatable bonds is 8. The molecule has 1 atom stereocenters. The van der Waals surface area contributed by atoms with Crippen molar-refractivity contribution in [2.24, 2.45) is 5.92 Å². The lowest BCUT2D eigenvalue weighted by Gasteiger charge is -2.43. The fourth-order valence-electron chi connectivity index (χ4n) is 3.60. The van der Waals surface area contributed by atoms with E-state index in [1.165, 1.54) is 44.7 Å². The van der Waals surface area contributed by atoms with Gasteiger partial charge in [0.2, 0.25) is 21.8 Å². The molecule has 1 aromatic rings. The first kappa shape index (κ1) is 24.3. The first-order chi connectivity index (χ1) is 13.9. The Kier molecular flexibility index (Phi) is 8.01. The Morgan fingerprint density at radius 3 is 2.43 bits per heavy atom. The summed E-state index contributed by atoms with van der Waals surface area (Å²) in [5.41, 5.74) is 0.317. The molecule has 0 spiro atoms. The summed E-state index contributed by atoms with van der Waals surface area (Å²) in [5.74, 6) is 0.0671. The number of hydrogen-bond donors (Lipinski definition) is 2. The van der Waals surface area contributed by atoms with Gasteiger partial charge in [-0.1, -0.05) is 6.92 Å². The molecular weight excluding hydrogens is 404 g/mol.